The van der Waals surface area contributed by atoms with Crippen LogP contribution in [-0.4, -0.2) is 29.1 Å². The summed E-state index contributed by atoms with van der Waals surface area (Å²) in [6.45, 7) is 2.78. The summed E-state index contributed by atoms with van der Waals surface area (Å²) < 4.78 is 13.4. The van der Waals surface area contributed by atoms with Crippen LogP contribution in [0.25, 0.3) is 0 Å². The summed E-state index contributed by atoms with van der Waals surface area (Å²) in [6.07, 6.45) is 0. The predicted octanol–water partition coefficient (Wildman–Crippen LogP) is 3.21. The fourth-order valence-corrected chi connectivity index (χ4v) is 2.58. The molecule has 1 fully saturated rings. The smallest absolute Gasteiger partial charge is 0.309 e. The second kappa shape index (κ2) is 5.03. The number of carboxylic acid groups (broad SMARTS) is 1. The number of rotatable bonds is 3. The molecular formula is C12H12Cl2FNO2. The Hall–Kier alpha value is -0.840. The van der Waals surface area contributed by atoms with Crippen molar-refractivity contribution in [2.75, 3.05) is 13.1 Å². The molecule has 0 radical (unpaired) electrons. The lowest BCUT2D eigenvalue weighted by atomic mass is 9.95. The lowest BCUT2D eigenvalue weighted by Gasteiger charge is -2.41. The highest BCUT2D eigenvalue weighted by atomic mass is 35.5. The molecule has 0 saturated carbocycles. The molecule has 0 amide bonds. The van der Waals surface area contributed by atoms with Crippen LogP contribution in [-0.2, 0) is 4.79 Å². The van der Waals surface area contributed by atoms with Gasteiger partial charge >= 0.3 is 5.97 Å². The van der Waals surface area contributed by atoms with Crippen molar-refractivity contribution < 1.29 is 14.3 Å². The zero-order valence-corrected chi connectivity index (χ0v) is 11.2. The SMILES string of the molecule is CC(c1cc(F)c(Cl)cc1Cl)N1CC(C(=O)O)C1. The summed E-state index contributed by atoms with van der Waals surface area (Å²) in [5.74, 6) is -1.66. The van der Waals surface area contributed by atoms with Gasteiger partial charge in [0.05, 0.1) is 10.9 Å². The zero-order chi connectivity index (χ0) is 13.4. The molecule has 0 aliphatic carbocycles. The Balaban J connectivity index is 2.13. The summed E-state index contributed by atoms with van der Waals surface area (Å²) >= 11 is 11.7. The Morgan fingerprint density at radius 1 is 1.44 bits per heavy atom. The van der Waals surface area contributed by atoms with E-state index in [9.17, 15) is 9.18 Å². The first kappa shape index (κ1) is 13.6. The van der Waals surface area contributed by atoms with Crippen molar-refractivity contribution in [1.29, 1.82) is 0 Å². The van der Waals surface area contributed by atoms with Gasteiger partial charge in [-0.1, -0.05) is 23.2 Å². The lowest BCUT2D eigenvalue weighted by molar-refractivity contribution is -0.148. The van der Waals surface area contributed by atoms with Gasteiger partial charge in [0.25, 0.3) is 0 Å². The molecule has 0 spiro atoms. The van der Waals surface area contributed by atoms with Crippen LogP contribution in [0, 0.1) is 11.7 Å². The fraction of sp³-hybridized carbons (Fsp3) is 0.417. The third-order valence-corrected chi connectivity index (χ3v) is 3.91. The number of benzene rings is 1. The second-order valence-electron chi connectivity index (χ2n) is 4.45. The van der Waals surface area contributed by atoms with Crippen molar-refractivity contribution in [3.05, 3.63) is 33.6 Å². The normalized spacial score (nSPS) is 18.4. The van der Waals surface area contributed by atoms with Gasteiger partial charge in [-0.2, -0.15) is 0 Å². The molecule has 1 atom stereocenters. The Kier molecular flexibility index (Phi) is 3.80. The van der Waals surface area contributed by atoms with Crippen LogP contribution in [0.5, 0.6) is 0 Å². The van der Waals surface area contributed by atoms with Crippen molar-refractivity contribution in [1.82, 2.24) is 4.90 Å². The summed E-state index contributed by atoms with van der Waals surface area (Å²) in [4.78, 5) is 12.7. The maximum atomic E-state index is 13.4. The number of hydrogen-bond donors (Lipinski definition) is 1. The van der Waals surface area contributed by atoms with Crippen molar-refractivity contribution in [2.24, 2.45) is 5.92 Å². The monoisotopic (exact) mass is 291 g/mol. The molecule has 18 heavy (non-hydrogen) atoms. The molecule has 3 nitrogen and oxygen atoms in total. The van der Waals surface area contributed by atoms with Crippen LogP contribution in [0.4, 0.5) is 4.39 Å². The predicted molar refractivity (Wildman–Crippen MR) is 67.5 cm³/mol. The summed E-state index contributed by atoms with van der Waals surface area (Å²) in [6, 6.07) is 2.56. The molecule has 0 aromatic heterocycles. The second-order valence-corrected chi connectivity index (χ2v) is 5.27. The molecule has 6 heteroatoms. The van der Waals surface area contributed by atoms with Gasteiger partial charge in [-0.15, -0.1) is 0 Å². The number of carbonyl (C=O) groups is 1. The molecule has 1 N–H and O–H groups in total. The number of likely N-dealkylation sites (tertiary alicyclic amines) is 1. The Morgan fingerprint density at radius 2 is 2.06 bits per heavy atom. The fourth-order valence-electron chi connectivity index (χ4n) is 2.04. The Bertz CT molecular complexity index is 489. The topological polar surface area (TPSA) is 40.5 Å². The van der Waals surface area contributed by atoms with E-state index in [1.165, 1.54) is 12.1 Å². The Labute approximate surface area is 114 Å². The molecule has 1 aliphatic heterocycles. The van der Waals surface area contributed by atoms with E-state index in [-0.39, 0.29) is 17.0 Å². The van der Waals surface area contributed by atoms with Crippen LogP contribution in [0.1, 0.15) is 18.5 Å². The quantitative estimate of drug-likeness (QED) is 0.870. The van der Waals surface area contributed by atoms with E-state index in [0.717, 1.165) is 0 Å². The molecule has 0 bridgehead atoms. The highest BCUT2D eigenvalue weighted by molar-refractivity contribution is 6.35. The average molecular weight is 292 g/mol. The maximum absolute atomic E-state index is 13.4. The van der Waals surface area contributed by atoms with Crippen LogP contribution in [0.3, 0.4) is 0 Å². The molecule has 1 aliphatic rings. The van der Waals surface area contributed by atoms with Crippen molar-refractivity contribution in [3.63, 3.8) is 0 Å². The zero-order valence-electron chi connectivity index (χ0n) is 9.66. The van der Waals surface area contributed by atoms with Crippen LogP contribution < -0.4 is 0 Å². The largest absolute Gasteiger partial charge is 0.481 e. The third-order valence-electron chi connectivity index (χ3n) is 3.30. The molecule has 2 rings (SSSR count). The van der Waals surface area contributed by atoms with E-state index in [0.29, 0.717) is 23.7 Å². The van der Waals surface area contributed by atoms with Crippen LogP contribution >= 0.6 is 23.2 Å². The highest BCUT2D eigenvalue weighted by Gasteiger charge is 2.36. The van der Waals surface area contributed by atoms with Gasteiger partial charge in [0.15, 0.2) is 0 Å². The van der Waals surface area contributed by atoms with E-state index >= 15 is 0 Å². The first-order valence-corrected chi connectivity index (χ1v) is 6.27. The van der Waals surface area contributed by atoms with Gasteiger partial charge in [0.2, 0.25) is 0 Å². The van der Waals surface area contributed by atoms with E-state index < -0.39 is 11.8 Å². The number of nitrogens with zero attached hydrogens (tertiary/aromatic N) is 1. The van der Waals surface area contributed by atoms with Gasteiger partial charge in [0, 0.05) is 24.2 Å². The summed E-state index contributed by atoms with van der Waals surface area (Å²) in [5.41, 5.74) is 0.627. The molecule has 1 aromatic rings. The highest BCUT2D eigenvalue weighted by Crippen LogP contribution is 2.34. The molecule has 1 heterocycles. The molecule has 1 saturated heterocycles. The number of halogens is 3. The van der Waals surface area contributed by atoms with Crippen molar-refractivity contribution in [3.8, 4) is 0 Å². The van der Waals surface area contributed by atoms with E-state index in [2.05, 4.69) is 0 Å². The number of hydrogen-bond acceptors (Lipinski definition) is 2. The van der Waals surface area contributed by atoms with Crippen LogP contribution in [0.2, 0.25) is 10.0 Å². The Morgan fingerprint density at radius 3 is 2.61 bits per heavy atom. The molecule has 1 unspecified atom stereocenters. The number of aliphatic carboxylic acids is 1. The molecule has 1 aromatic carbocycles. The average Bonchev–Trinajstić information content (AvgIpc) is 2.20. The van der Waals surface area contributed by atoms with Crippen LogP contribution in [0.15, 0.2) is 12.1 Å². The minimum Gasteiger partial charge on any atom is -0.481 e. The first-order chi connectivity index (χ1) is 8.40. The maximum Gasteiger partial charge on any atom is 0.309 e. The minimum atomic E-state index is -0.799. The van der Waals surface area contributed by atoms with Gasteiger partial charge in [-0.25, -0.2) is 4.39 Å². The van der Waals surface area contributed by atoms with Gasteiger partial charge in [0.1, 0.15) is 5.82 Å². The van der Waals surface area contributed by atoms with E-state index in [1.807, 2.05) is 11.8 Å². The van der Waals surface area contributed by atoms with Crippen molar-refractivity contribution >= 4 is 29.2 Å². The minimum absolute atomic E-state index is 0.0111. The molecular weight excluding hydrogens is 280 g/mol. The van der Waals surface area contributed by atoms with Gasteiger partial charge in [-0.05, 0) is 24.6 Å². The van der Waals surface area contributed by atoms with Crippen molar-refractivity contribution in [2.45, 2.75) is 13.0 Å². The van der Waals surface area contributed by atoms with E-state index in [1.54, 1.807) is 0 Å². The standard InChI is InChI=1S/C12H12Cl2FNO2/c1-6(16-4-7(5-16)12(17)18)8-2-11(15)10(14)3-9(8)13/h2-3,6-7H,4-5H2,1H3,(H,17,18). The van der Waals surface area contributed by atoms with Gasteiger partial charge in [-0.3, -0.25) is 9.69 Å². The summed E-state index contributed by atoms with van der Waals surface area (Å²) in [7, 11) is 0. The molecule has 98 valence electrons. The first-order valence-electron chi connectivity index (χ1n) is 5.51. The van der Waals surface area contributed by atoms with E-state index in [4.69, 9.17) is 28.3 Å². The lowest BCUT2D eigenvalue weighted by Crippen LogP contribution is -2.51. The third kappa shape index (κ3) is 2.46. The summed E-state index contributed by atoms with van der Waals surface area (Å²) in [5, 5.41) is 9.19. The van der Waals surface area contributed by atoms with Gasteiger partial charge < -0.3 is 5.11 Å². The number of carboxylic acids is 1.